The summed E-state index contributed by atoms with van der Waals surface area (Å²) in [5, 5.41) is 7.71. The van der Waals surface area contributed by atoms with Gasteiger partial charge in [-0.15, -0.1) is 5.10 Å². The fourth-order valence-electron chi connectivity index (χ4n) is 2.84. The van der Waals surface area contributed by atoms with Crippen LogP contribution in [-0.4, -0.2) is 88.3 Å². The molecule has 1 fully saturated rings. The number of nitrogens with one attached hydrogen (secondary N) is 1. The molecular weight excluding hydrogens is 424 g/mol. The predicted octanol–water partition coefficient (Wildman–Crippen LogP) is 1.06. The second kappa shape index (κ2) is 10.4. The van der Waals surface area contributed by atoms with Crippen LogP contribution < -0.4 is 10.1 Å². The largest absolute Gasteiger partial charge is 0.475 e. The lowest BCUT2D eigenvalue weighted by Gasteiger charge is -2.32. The van der Waals surface area contributed by atoms with Gasteiger partial charge in [-0.05, 0) is 20.1 Å². The van der Waals surface area contributed by atoms with Crippen LogP contribution in [0.1, 0.15) is 12.6 Å². The molecule has 12 heteroatoms. The van der Waals surface area contributed by atoms with Crippen LogP contribution in [0.2, 0.25) is 0 Å². The van der Waals surface area contributed by atoms with E-state index < -0.39 is 5.97 Å². The summed E-state index contributed by atoms with van der Waals surface area (Å²) in [5.74, 6) is 0.507. The highest BCUT2D eigenvalue weighted by atomic mass is 32.2. The van der Waals surface area contributed by atoms with Gasteiger partial charge in [-0.25, -0.2) is 14.6 Å². The van der Waals surface area contributed by atoms with Crippen LogP contribution in [0.15, 0.2) is 23.4 Å². The van der Waals surface area contributed by atoms with Crippen molar-refractivity contribution in [2.45, 2.75) is 25.1 Å². The molecular formula is C19H26N6O5S. The fourth-order valence-corrected chi connectivity index (χ4v) is 3.18. The number of aromatic nitrogens is 4. The quantitative estimate of drug-likeness (QED) is 0.272. The average molecular weight is 451 g/mol. The van der Waals surface area contributed by atoms with Gasteiger partial charge in [-0.3, -0.25) is 0 Å². The second-order valence-electron chi connectivity index (χ2n) is 6.94. The molecule has 0 bridgehead atoms. The van der Waals surface area contributed by atoms with Crippen LogP contribution in [0.3, 0.4) is 0 Å². The van der Waals surface area contributed by atoms with Crippen molar-refractivity contribution >= 4 is 29.5 Å². The van der Waals surface area contributed by atoms with Crippen LogP contribution in [0.5, 0.6) is 5.88 Å². The average Bonchev–Trinajstić information content (AvgIpc) is 3.18. The van der Waals surface area contributed by atoms with E-state index in [1.165, 1.54) is 11.8 Å². The summed E-state index contributed by atoms with van der Waals surface area (Å²) in [6, 6.07) is 1.54. The maximum atomic E-state index is 12.4. The van der Waals surface area contributed by atoms with E-state index >= 15 is 0 Å². The first-order chi connectivity index (χ1) is 14.9. The van der Waals surface area contributed by atoms with Gasteiger partial charge < -0.3 is 24.4 Å². The van der Waals surface area contributed by atoms with E-state index in [2.05, 4.69) is 27.0 Å². The molecule has 0 radical (unpaired) electrons. The molecule has 1 aliphatic heterocycles. The number of hydrogen-bond acceptors (Lipinski definition) is 9. The third-order valence-corrected chi connectivity index (χ3v) is 4.91. The molecule has 2 amide bonds. The molecule has 1 atom stereocenters. The van der Waals surface area contributed by atoms with Crippen molar-refractivity contribution in [2.75, 3.05) is 45.7 Å². The van der Waals surface area contributed by atoms with Gasteiger partial charge >= 0.3 is 12.0 Å². The van der Waals surface area contributed by atoms with Crippen molar-refractivity contribution in [1.29, 1.82) is 0 Å². The number of esters is 1. The van der Waals surface area contributed by atoms with Crippen molar-refractivity contribution < 1.29 is 23.8 Å². The molecule has 1 unspecified atom stereocenters. The summed E-state index contributed by atoms with van der Waals surface area (Å²) in [6.07, 6.45) is 1.59. The lowest BCUT2D eigenvalue weighted by Crippen LogP contribution is -2.51. The number of nitrogens with zero attached hydrogens (tertiary/aromatic N) is 5. The van der Waals surface area contributed by atoms with Crippen LogP contribution in [0, 0.1) is 6.92 Å². The maximum absolute atomic E-state index is 12.4. The highest BCUT2D eigenvalue weighted by Crippen LogP contribution is 2.18. The summed E-state index contributed by atoms with van der Waals surface area (Å²) in [7, 11) is 0. The van der Waals surface area contributed by atoms with Gasteiger partial charge in [-0.2, -0.15) is 9.50 Å². The number of ether oxygens (including phenoxy) is 3. The zero-order valence-corrected chi connectivity index (χ0v) is 18.6. The Morgan fingerprint density at radius 1 is 1.42 bits per heavy atom. The van der Waals surface area contributed by atoms with Crippen LogP contribution in [0.4, 0.5) is 4.79 Å². The molecule has 0 aliphatic carbocycles. The SMILES string of the molecule is C=C(C)C(=O)OCCNC(=O)N1CCOC(COc2cc(C)nc3nc(SC)nn23)C1. The van der Waals surface area contributed by atoms with Gasteiger partial charge in [0.05, 0.1) is 19.7 Å². The normalized spacial score (nSPS) is 16.2. The zero-order chi connectivity index (χ0) is 22.4. The van der Waals surface area contributed by atoms with Crippen molar-refractivity contribution in [3.8, 4) is 5.88 Å². The summed E-state index contributed by atoms with van der Waals surface area (Å²) in [4.78, 5) is 34.1. The molecule has 0 aromatic carbocycles. The number of carbonyl (C=O) groups excluding carboxylic acids is 2. The monoisotopic (exact) mass is 450 g/mol. The topological polar surface area (TPSA) is 120 Å². The van der Waals surface area contributed by atoms with E-state index in [1.807, 2.05) is 13.2 Å². The first kappa shape index (κ1) is 22.8. The molecule has 31 heavy (non-hydrogen) atoms. The van der Waals surface area contributed by atoms with Gasteiger partial charge in [0.2, 0.25) is 11.0 Å². The Balaban J connectivity index is 1.50. The molecule has 1 saturated heterocycles. The van der Waals surface area contributed by atoms with Crippen LogP contribution in [-0.2, 0) is 14.3 Å². The molecule has 3 rings (SSSR count). The molecule has 0 spiro atoms. The third kappa shape index (κ3) is 6.07. The second-order valence-corrected chi connectivity index (χ2v) is 7.72. The maximum Gasteiger partial charge on any atom is 0.333 e. The standard InChI is InChI=1S/C19H26N6O5S/c1-12(2)16(26)29-7-5-20-19(27)24-6-8-28-14(10-24)11-30-15-9-13(3)21-17-22-18(31-4)23-25(15)17/h9,14H,1,5-8,10-11H2,2-4H3,(H,20,27). The minimum absolute atomic E-state index is 0.0850. The molecule has 0 saturated carbocycles. The Morgan fingerprint density at radius 2 is 2.23 bits per heavy atom. The summed E-state index contributed by atoms with van der Waals surface area (Å²) in [6.45, 7) is 8.72. The number of rotatable bonds is 8. The lowest BCUT2D eigenvalue weighted by atomic mass is 10.3. The summed E-state index contributed by atoms with van der Waals surface area (Å²) < 4.78 is 18.2. The number of morpholine rings is 1. The number of thioether (sulfide) groups is 1. The molecule has 1 aliphatic rings. The molecule has 168 valence electrons. The van der Waals surface area contributed by atoms with Gasteiger partial charge in [-0.1, -0.05) is 18.3 Å². The Bertz CT molecular complexity index is 965. The third-order valence-electron chi connectivity index (χ3n) is 4.37. The lowest BCUT2D eigenvalue weighted by molar-refractivity contribution is -0.138. The van der Waals surface area contributed by atoms with E-state index in [-0.39, 0.29) is 31.9 Å². The first-order valence-electron chi connectivity index (χ1n) is 9.75. The fraction of sp³-hybridized carbons (Fsp3) is 0.526. The number of urea groups is 1. The number of fused-ring (bicyclic) bond motifs is 1. The van der Waals surface area contributed by atoms with E-state index in [0.29, 0.717) is 42.1 Å². The smallest absolute Gasteiger partial charge is 0.333 e. The Hall–Kier alpha value is -2.86. The van der Waals surface area contributed by atoms with Crippen LogP contribution >= 0.6 is 11.8 Å². The van der Waals surface area contributed by atoms with Crippen LogP contribution in [0.25, 0.3) is 5.78 Å². The van der Waals surface area contributed by atoms with Crippen molar-refractivity contribution in [2.24, 2.45) is 0 Å². The molecule has 2 aromatic rings. The van der Waals surface area contributed by atoms with E-state index in [9.17, 15) is 9.59 Å². The van der Waals surface area contributed by atoms with Gasteiger partial charge in [0.25, 0.3) is 5.78 Å². The molecule has 1 N–H and O–H groups in total. The number of aryl methyl sites for hydroxylation is 1. The van der Waals surface area contributed by atoms with Gasteiger partial charge in [0.1, 0.15) is 19.3 Å². The highest BCUT2D eigenvalue weighted by Gasteiger charge is 2.25. The van der Waals surface area contributed by atoms with Gasteiger partial charge in [0.15, 0.2) is 0 Å². The van der Waals surface area contributed by atoms with E-state index in [4.69, 9.17) is 14.2 Å². The predicted molar refractivity (Wildman–Crippen MR) is 113 cm³/mol. The van der Waals surface area contributed by atoms with E-state index in [0.717, 1.165) is 5.69 Å². The van der Waals surface area contributed by atoms with Crippen molar-refractivity contribution in [3.63, 3.8) is 0 Å². The molecule has 2 aromatic heterocycles. The molecule has 3 heterocycles. The van der Waals surface area contributed by atoms with Crippen molar-refractivity contribution in [1.82, 2.24) is 29.8 Å². The minimum Gasteiger partial charge on any atom is -0.475 e. The van der Waals surface area contributed by atoms with Crippen molar-refractivity contribution in [3.05, 3.63) is 23.9 Å². The number of carbonyl (C=O) groups is 2. The molecule has 11 nitrogen and oxygen atoms in total. The van der Waals surface area contributed by atoms with Gasteiger partial charge in [0, 0.05) is 23.9 Å². The highest BCUT2D eigenvalue weighted by molar-refractivity contribution is 7.98. The minimum atomic E-state index is -0.477. The first-order valence-corrected chi connectivity index (χ1v) is 11.0. The number of hydrogen-bond donors (Lipinski definition) is 1. The Kier molecular flexibility index (Phi) is 7.69. The summed E-state index contributed by atoms with van der Waals surface area (Å²) in [5.41, 5.74) is 1.08. The Labute approximate surface area is 184 Å². The zero-order valence-electron chi connectivity index (χ0n) is 17.8. The number of amides is 2. The Morgan fingerprint density at radius 3 is 2.97 bits per heavy atom. The van der Waals surface area contributed by atoms with E-state index in [1.54, 1.807) is 22.4 Å². The summed E-state index contributed by atoms with van der Waals surface area (Å²) >= 11 is 1.42.